The third-order valence-electron chi connectivity index (χ3n) is 2.72. The monoisotopic (exact) mass is 254 g/mol. The number of hydrogen-bond donors (Lipinski definition) is 0. The second-order valence-corrected chi connectivity index (χ2v) is 12.4. The minimum Gasteiger partial charge on any atom is -0.505 e. The summed E-state index contributed by atoms with van der Waals surface area (Å²) in [5.41, 5.74) is 1.89. The summed E-state index contributed by atoms with van der Waals surface area (Å²) in [7, 11) is 0.746. The lowest BCUT2D eigenvalue weighted by Gasteiger charge is -2.22. The Labute approximate surface area is 109 Å². The van der Waals surface area contributed by atoms with Gasteiger partial charge in [-0.05, 0) is 37.3 Å². The average molecular weight is 254 g/mol. The predicted molar refractivity (Wildman–Crippen MR) is 81.1 cm³/mol. The van der Waals surface area contributed by atoms with Crippen LogP contribution in [0.4, 0.5) is 0 Å². The molecule has 0 aromatic heterocycles. The van der Waals surface area contributed by atoms with Crippen LogP contribution in [0.2, 0.25) is 25.7 Å². The van der Waals surface area contributed by atoms with Crippen LogP contribution in [-0.4, -0.2) is 15.2 Å². The van der Waals surface area contributed by atoms with Crippen LogP contribution in [-0.2, 0) is 4.74 Å². The van der Waals surface area contributed by atoms with Crippen molar-refractivity contribution in [1.82, 2.24) is 0 Å². The Bertz CT molecular complexity index is 269. The summed E-state index contributed by atoms with van der Waals surface area (Å²) in [6.07, 6.45) is 8.54. The molecule has 0 aromatic rings. The smallest absolute Gasteiger partial charge is 0.0784 e. The van der Waals surface area contributed by atoms with Gasteiger partial charge in [0.15, 0.2) is 0 Å². The molecule has 1 nitrogen and oxygen atoms in total. The fourth-order valence-electron chi connectivity index (χ4n) is 1.91. The number of methoxy groups -OCH3 is 1. The number of rotatable bonds is 7. The highest BCUT2D eigenvalue weighted by Gasteiger charge is 2.16. The highest BCUT2D eigenvalue weighted by atomic mass is 28.3. The minimum atomic E-state index is -0.950. The number of allylic oxidation sites excluding steroid dienone is 3. The second-order valence-electron chi connectivity index (χ2n) is 6.97. The van der Waals surface area contributed by atoms with Crippen LogP contribution < -0.4 is 0 Å². The van der Waals surface area contributed by atoms with Gasteiger partial charge in [-0.2, -0.15) is 0 Å². The van der Waals surface area contributed by atoms with E-state index in [1.807, 2.05) is 0 Å². The minimum absolute atomic E-state index is 0.329. The van der Waals surface area contributed by atoms with Gasteiger partial charge in [-0.1, -0.05) is 45.1 Å². The lowest BCUT2D eigenvalue weighted by Crippen LogP contribution is -2.19. The number of ether oxygens (including phenoxy) is 1. The molecule has 0 fully saturated rings. The fraction of sp³-hybridized carbons (Fsp3) is 0.733. The molecule has 2 heteroatoms. The second kappa shape index (κ2) is 7.05. The van der Waals surface area contributed by atoms with Gasteiger partial charge >= 0.3 is 0 Å². The molecule has 0 bridgehead atoms. The van der Waals surface area contributed by atoms with Gasteiger partial charge in [0.2, 0.25) is 0 Å². The third kappa shape index (κ3) is 10.4. The van der Waals surface area contributed by atoms with Crippen LogP contribution in [0.3, 0.4) is 0 Å². The van der Waals surface area contributed by atoms with Crippen LogP contribution in [0.5, 0.6) is 0 Å². The van der Waals surface area contributed by atoms with Crippen LogP contribution in [0.15, 0.2) is 24.0 Å². The molecule has 0 aliphatic carbocycles. The van der Waals surface area contributed by atoms with Gasteiger partial charge < -0.3 is 4.74 Å². The molecule has 0 saturated heterocycles. The Hall–Kier alpha value is -0.503. The van der Waals surface area contributed by atoms with Crippen LogP contribution in [0.1, 0.15) is 33.6 Å². The van der Waals surface area contributed by atoms with Crippen molar-refractivity contribution in [2.75, 3.05) is 7.11 Å². The first-order valence-corrected chi connectivity index (χ1v) is 10.2. The molecule has 0 atom stereocenters. The van der Waals surface area contributed by atoms with E-state index in [2.05, 4.69) is 52.6 Å². The third-order valence-corrected chi connectivity index (χ3v) is 4.33. The molecule has 0 amide bonds. The van der Waals surface area contributed by atoms with E-state index < -0.39 is 8.07 Å². The largest absolute Gasteiger partial charge is 0.505 e. The molecular formula is C15H30OSi. The highest BCUT2D eigenvalue weighted by molar-refractivity contribution is 6.76. The molecule has 0 aliphatic heterocycles. The Morgan fingerprint density at radius 3 is 2.24 bits per heavy atom. The van der Waals surface area contributed by atoms with Crippen molar-refractivity contribution in [2.45, 2.75) is 59.3 Å². The Morgan fingerprint density at radius 1 is 1.18 bits per heavy atom. The van der Waals surface area contributed by atoms with E-state index in [1.165, 1.54) is 6.04 Å². The summed E-state index contributed by atoms with van der Waals surface area (Å²) >= 11 is 0. The summed E-state index contributed by atoms with van der Waals surface area (Å²) in [6.45, 7) is 14.2. The molecule has 0 aliphatic rings. The molecule has 0 rings (SSSR count). The van der Waals surface area contributed by atoms with E-state index in [0.717, 1.165) is 12.8 Å². The van der Waals surface area contributed by atoms with Crippen molar-refractivity contribution in [3.8, 4) is 0 Å². The Kier molecular flexibility index (Phi) is 6.84. The van der Waals surface area contributed by atoms with Gasteiger partial charge in [-0.15, -0.1) is 0 Å². The van der Waals surface area contributed by atoms with E-state index in [1.54, 1.807) is 18.9 Å². The van der Waals surface area contributed by atoms with Gasteiger partial charge in [0.05, 0.1) is 13.4 Å². The maximum Gasteiger partial charge on any atom is 0.0784 e. The van der Waals surface area contributed by atoms with Crippen molar-refractivity contribution in [2.24, 2.45) is 5.41 Å². The molecular weight excluding hydrogens is 224 g/mol. The first kappa shape index (κ1) is 16.5. The Morgan fingerprint density at radius 2 is 1.76 bits per heavy atom. The molecule has 17 heavy (non-hydrogen) atoms. The molecule has 0 heterocycles. The van der Waals surface area contributed by atoms with Crippen molar-refractivity contribution >= 4 is 8.07 Å². The first-order chi connectivity index (χ1) is 7.66. The molecule has 0 unspecified atom stereocenters. The molecule has 0 N–H and O–H groups in total. The topological polar surface area (TPSA) is 9.23 Å². The summed E-state index contributed by atoms with van der Waals surface area (Å²) in [5.74, 6) is 0. The van der Waals surface area contributed by atoms with Crippen molar-refractivity contribution in [3.05, 3.63) is 24.0 Å². The van der Waals surface area contributed by atoms with Gasteiger partial charge in [-0.3, -0.25) is 0 Å². The lowest BCUT2D eigenvalue weighted by atomic mass is 9.85. The van der Waals surface area contributed by atoms with Gasteiger partial charge in [0.25, 0.3) is 0 Å². The van der Waals surface area contributed by atoms with E-state index in [4.69, 9.17) is 4.74 Å². The predicted octanol–water partition coefficient (Wildman–Crippen LogP) is 5.24. The first-order valence-electron chi connectivity index (χ1n) is 6.50. The molecule has 0 spiro atoms. The average Bonchev–Trinajstić information content (AvgIpc) is 2.13. The zero-order chi connectivity index (χ0) is 13.5. The highest BCUT2D eigenvalue weighted by Crippen LogP contribution is 2.28. The van der Waals surface area contributed by atoms with E-state index in [-0.39, 0.29) is 0 Å². The Balaban J connectivity index is 4.23. The molecule has 0 saturated carbocycles. The van der Waals surface area contributed by atoms with E-state index in [0.29, 0.717) is 5.41 Å². The summed E-state index contributed by atoms with van der Waals surface area (Å²) in [5, 5.41) is 0. The summed E-state index contributed by atoms with van der Waals surface area (Å²) in [4.78, 5) is 0. The zero-order valence-corrected chi connectivity index (χ0v) is 13.8. The van der Waals surface area contributed by atoms with Crippen LogP contribution in [0, 0.1) is 5.41 Å². The lowest BCUT2D eigenvalue weighted by molar-refractivity contribution is 0.326. The van der Waals surface area contributed by atoms with Crippen molar-refractivity contribution in [3.63, 3.8) is 0 Å². The zero-order valence-electron chi connectivity index (χ0n) is 12.8. The van der Waals surface area contributed by atoms with Gasteiger partial charge in [0.1, 0.15) is 0 Å². The van der Waals surface area contributed by atoms with Gasteiger partial charge in [-0.25, -0.2) is 0 Å². The van der Waals surface area contributed by atoms with Crippen molar-refractivity contribution in [1.29, 1.82) is 0 Å². The quantitative estimate of drug-likeness (QED) is 0.343. The maximum absolute atomic E-state index is 4.94. The fourth-order valence-corrected chi connectivity index (χ4v) is 3.72. The summed E-state index contributed by atoms with van der Waals surface area (Å²) in [6, 6.07) is 1.32. The van der Waals surface area contributed by atoms with Crippen LogP contribution >= 0.6 is 0 Å². The molecule has 0 aromatic carbocycles. The summed E-state index contributed by atoms with van der Waals surface area (Å²) < 4.78 is 4.94. The van der Waals surface area contributed by atoms with Crippen LogP contribution in [0.25, 0.3) is 0 Å². The van der Waals surface area contributed by atoms with E-state index in [9.17, 15) is 0 Å². The standard InChI is InChI=1S/C15H30OSi/c1-14(13-17(5,6)7)9-11-15(2,3)10-8-12-16-4/h8-9,12H,10-11,13H2,1-7H3. The van der Waals surface area contributed by atoms with Crippen molar-refractivity contribution < 1.29 is 4.74 Å². The van der Waals surface area contributed by atoms with Gasteiger partial charge in [0, 0.05) is 8.07 Å². The normalized spacial score (nSPS) is 14.4. The molecule has 100 valence electrons. The number of hydrogen-bond acceptors (Lipinski definition) is 1. The van der Waals surface area contributed by atoms with E-state index >= 15 is 0 Å². The maximum atomic E-state index is 4.94. The SMILES string of the molecule is COC=CCC(C)(C)CC=C(C)C[Si](C)(C)C. The molecule has 0 radical (unpaired) electrons.